The fourth-order valence-electron chi connectivity index (χ4n) is 3.09. The van der Waals surface area contributed by atoms with Crippen molar-refractivity contribution in [2.24, 2.45) is 5.92 Å². The summed E-state index contributed by atoms with van der Waals surface area (Å²) in [7, 11) is -3.61. The average Bonchev–Trinajstić information content (AvgIpc) is 2.62. The summed E-state index contributed by atoms with van der Waals surface area (Å²) >= 11 is 0. The fraction of sp³-hybridized carbons (Fsp3) is 0.762. The SMILES string of the molecule is CC(C)CN(C(CO)CCCCNC(=O)OC(C)(C)C)S(=O)(=O)C1=CC=CCC1. The van der Waals surface area contributed by atoms with Gasteiger partial charge in [-0.2, -0.15) is 4.31 Å². The van der Waals surface area contributed by atoms with Crippen molar-refractivity contribution in [3.63, 3.8) is 0 Å². The van der Waals surface area contributed by atoms with Crippen LogP contribution in [0.15, 0.2) is 23.1 Å². The minimum atomic E-state index is -3.61. The Bertz CT molecular complexity index is 678. The molecule has 29 heavy (non-hydrogen) atoms. The molecule has 8 heteroatoms. The van der Waals surface area contributed by atoms with Gasteiger partial charge in [-0.25, -0.2) is 13.2 Å². The van der Waals surface area contributed by atoms with Gasteiger partial charge in [-0.05, 0) is 58.4 Å². The summed E-state index contributed by atoms with van der Waals surface area (Å²) < 4.78 is 33.0. The molecule has 1 aliphatic carbocycles. The first-order chi connectivity index (χ1) is 13.5. The predicted molar refractivity (Wildman–Crippen MR) is 116 cm³/mol. The second-order valence-electron chi connectivity index (χ2n) is 8.83. The van der Waals surface area contributed by atoms with E-state index in [-0.39, 0.29) is 12.5 Å². The van der Waals surface area contributed by atoms with Crippen molar-refractivity contribution in [2.75, 3.05) is 19.7 Å². The molecule has 2 N–H and O–H groups in total. The van der Waals surface area contributed by atoms with E-state index in [1.165, 1.54) is 4.31 Å². The molecule has 0 bridgehead atoms. The number of aliphatic hydroxyl groups excluding tert-OH is 1. The molecule has 1 atom stereocenters. The lowest BCUT2D eigenvalue weighted by Crippen LogP contribution is -2.45. The van der Waals surface area contributed by atoms with Gasteiger partial charge in [0.05, 0.1) is 11.5 Å². The number of nitrogens with one attached hydrogen (secondary N) is 1. The van der Waals surface area contributed by atoms with Gasteiger partial charge < -0.3 is 15.2 Å². The molecule has 0 aromatic heterocycles. The highest BCUT2D eigenvalue weighted by Crippen LogP contribution is 2.26. The Labute approximate surface area is 176 Å². The zero-order valence-corrected chi connectivity index (χ0v) is 19.3. The zero-order valence-electron chi connectivity index (χ0n) is 18.5. The molecule has 1 amide bonds. The number of ether oxygens (including phenoxy) is 1. The highest BCUT2D eigenvalue weighted by atomic mass is 32.2. The number of hydrogen-bond acceptors (Lipinski definition) is 5. The minimum absolute atomic E-state index is 0.146. The van der Waals surface area contributed by atoms with Crippen LogP contribution in [0.4, 0.5) is 4.79 Å². The van der Waals surface area contributed by atoms with Gasteiger partial charge in [0.15, 0.2) is 0 Å². The first-order valence-corrected chi connectivity index (χ1v) is 11.9. The number of unbranched alkanes of at least 4 members (excludes halogenated alkanes) is 1. The fourth-order valence-corrected chi connectivity index (χ4v) is 5.07. The van der Waals surface area contributed by atoms with Crippen LogP contribution in [0.5, 0.6) is 0 Å². The maximum absolute atomic E-state index is 13.2. The number of alkyl carbamates (subject to hydrolysis) is 1. The molecule has 0 fully saturated rings. The van der Waals surface area contributed by atoms with E-state index in [1.807, 2.05) is 19.9 Å². The molecule has 0 spiro atoms. The number of allylic oxidation sites excluding steroid dienone is 4. The quantitative estimate of drug-likeness (QED) is 0.489. The van der Waals surface area contributed by atoms with Crippen molar-refractivity contribution < 1.29 is 23.1 Å². The molecular formula is C21H38N2O5S. The molecule has 0 saturated carbocycles. The van der Waals surface area contributed by atoms with E-state index in [4.69, 9.17) is 4.74 Å². The molecule has 1 unspecified atom stereocenters. The second-order valence-corrected chi connectivity index (χ2v) is 10.8. The van der Waals surface area contributed by atoms with Crippen molar-refractivity contribution in [1.29, 1.82) is 0 Å². The van der Waals surface area contributed by atoms with E-state index >= 15 is 0 Å². The monoisotopic (exact) mass is 430 g/mol. The number of carbonyl (C=O) groups excluding carboxylic acids is 1. The molecule has 0 aromatic carbocycles. The average molecular weight is 431 g/mol. The largest absolute Gasteiger partial charge is 0.444 e. The van der Waals surface area contributed by atoms with Crippen molar-refractivity contribution in [2.45, 2.75) is 78.4 Å². The number of sulfonamides is 1. The Kier molecular flexibility index (Phi) is 10.4. The Morgan fingerprint density at radius 2 is 2.00 bits per heavy atom. The van der Waals surface area contributed by atoms with Crippen LogP contribution in [0.2, 0.25) is 0 Å². The summed E-state index contributed by atoms with van der Waals surface area (Å²) in [4.78, 5) is 12.1. The van der Waals surface area contributed by atoms with E-state index in [2.05, 4.69) is 5.32 Å². The Balaban J connectivity index is 2.66. The topological polar surface area (TPSA) is 95.9 Å². The Morgan fingerprint density at radius 1 is 1.31 bits per heavy atom. The van der Waals surface area contributed by atoms with Crippen LogP contribution < -0.4 is 5.32 Å². The van der Waals surface area contributed by atoms with Crippen LogP contribution in [-0.4, -0.2) is 55.3 Å². The van der Waals surface area contributed by atoms with Crippen LogP contribution in [0, 0.1) is 5.92 Å². The summed E-state index contributed by atoms with van der Waals surface area (Å²) in [6, 6.07) is -0.476. The normalized spacial score (nSPS) is 16.1. The maximum Gasteiger partial charge on any atom is 0.407 e. The van der Waals surface area contributed by atoms with Crippen LogP contribution in [-0.2, 0) is 14.8 Å². The third-order valence-electron chi connectivity index (χ3n) is 4.41. The maximum atomic E-state index is 13.2. The Hall–Kier alpha value is -1.38. The smallest absolute Gasteiger partial charge is 0.407 e. The van der Waals surface area contributed by atoms with Crippen molar-refractivity contribution in [3.05, 3.63) is 23.1 Å². The van der Waals surface area contributed by atoms with Crippen molar-refractivity contribution >= 4 is 16.1 Å². The lowest BCUT2D eigenvalue weighted by atomic mass is 10.1. The van der Waals surface area contributed by atoms with Gasteiger partial charge >= 0.3 is 6.09 Å². The Morgan fingerprint density at radius 3 is 2.52 bits per heavy atom. The molecule has 0 radical (unpaired) electrons. The van der Waals surface area contributed by atoms with Crippen LogP contribution in [0.1, 0.15) is 66.7 Å². The number of nitrogens with zero attached hydrogens (tertiary/aromatic N) is 1. The molecule has 0 aromatic rings. The van der Waals surface area contributed by atoms with Gasteiger partial charge in [-0.1, -0.05) is 32.4 Å². The first-order valence-electron chi connectivity index (χ1n) is 10.4. The van der Waals surface area contributed by atoms with Crippen molar-refractivity contribution in [3.8, 4) is 0 Å². The van der Waals surface area contributed by atoms with E-state index in [1.54, 1.807) is 32.9 Å². The third kappa shape index (κ3) is 9.31. The standard InChI is InChI=1S/C21H38N2O5S/c1-17(2)15-23(29(26,27)19-12-7-6-8-13-19)18(16-24)11-9-10-14-22-20(25)28-21(3,4)5/h6-7,12,17-18,24H,8-11,13-16H2,1-5H3,(H,22,25). The molecule has 168 valence electrons. The van der Waals surface area contributed by atoms with Gasteiger partial charge in [0.2, 0.25) is 10.0 Å². The number of aliphatic hydroxyl groups is 1. The van der Waals surface area contributed by atoms with Crippen molar-refractivity contribution in [1.82, 2.24) is 9.62 Å². The predicted octanol–water partition coefficient (Wildman–Crippen LogP) is 3.56. The summed E-state index contributed by atoms with van der Waals surface area (Å²) in [5.74, 6) is 0.146. The van der Waals surface area contributed by atoms with E-state index in [9.17, 15) is 18.3 Å². The molecule has 0 heterocycles. The summed E-state index contributed by atoms with van der Waals surface area (Å²) in [5.41, 5.74) is -0.541. The minimum Gasteiger partial charge on any atom is -0.444 e. The molecule has 1 aliphatic rings. The van der Waals surface area contributed by atoms with E-state index < -0.39 is 27.8 Å². The number of carbonyl (C=O) groups is 1. The molecule has 1 rings (SSSR count). The van der Waals surface area contributed by atoms with Gasteiger partial charge in [0.25, 0.3) is 0 Å². The van der Waals surface area contributed by atoms with Gasteiger partial charge in [-0.3, -0.25) is 0 Å². The molecule has 7 nitrogen and oxygen atoms in total. The summed E-state index contributed by atoms with van der Waals surface area (Å²) in [6.45, 7) is 9.94. The highest BCUT2D eigenvalue weighted by Gasteiger charge is 2.32. The summed E-state index contributed by atoms with van der Waals surface area (Å²) in [6.07, 6.45) is 8.02. The lowest BCUT2D eigenvalue weighted by molar-refractivity contribution is 0.0526. The third-order valence-corrected chi connectivity index (χ3v) is 6.48. The molecule has 0 aliphatic heterocycles. The van der Waals surface area contributed by atoms with Gasteiger partial charge in [-0.15, -0.1) is 0 Å². The first kappa shape index (κ1) is 25.7. The second kappa shape index (κ2) is 11.7. The summed E-state index contributed by atoms with van der Waals surface area (Å²) in [5, 5.41) is 12.6. The van der Waals surface area contributed by atoms with Crippen LogP contribution >= 0.6 is 0 Å². The van der Waals surface area contributed by atoms with Gasteiger partial charge in [0.1, 0.15) is 5.60 Å². The highest BCUT2D eigenvalue weighted by molar-refractivity contribution is 7.93. The van der Waals surface area contributed by atoms with Crippen LogP contribution in [0.3, 0.4) is 0 Å². The number of amides is 1. The van der Waals surface area contributed by atoms with E-state index in [0.29, 0.717) is 50.1 Å². The van der Waals surface area contributed by atoms with Gasteiger partial charge in [0, 0.05) is 19.1 Å². The molecular weight excluding hydrogens is 392 g/mol. The number of rotatable bonds is 11. The van der Waals surface area contributed by atoms with Crippen LogP contribution in [0.25, 0.3) is 0 Å². The van der Waals surface area contributed by atoms with E-state index in [0.717, 1.165) is 0 Å². The number of hydrogen-bond donors (Lipinski definition) is 2. The molecule has 0 saturated heterocycles. The lowest BCUT2D eigenvalue weighted by Gasteiger charge is -2.32. The zero-order chi connectivity index (χ0) is 22.1.